The minimum Gasteiger partial charge on any atom is -0.394 e. The largest absolute Gasteiger partial charge is 0.394 e. The number of H-pyrrole nitrogens is 1. The Labute approximate surface area is 116 Å². The predicted molar refractivity (Wildman–Crippen MR) is 66.8 cm³/mol. The van der Waals surface area contributed by atoms with Crippen LogP contribution in [0.4, 0.5) is 4.39 Å². The fourth-order valence-electron chi connectivity index (χ4n) is 2.34. The highest BCUT2D eigenvalue weighted by Crippen LogP contribution is 2.32. The van der Waals surface area contributed by atoms with E-state index < -0.39 is 42.5 Å². The van der Waals surface area contributed by atoms with Gasteiger partial charge in [-0.2, -0.15) is 9.37 Å². The molecule has 112 valence electrons. The summed E-state index contributed by atoms with van der Waals surface area (Å²) >= 11 is 0. The number of halogens is 1. The SMILES string of the molecule is O=c1[nH]c2nc(F)cnc2cc1[C@@H]1O[C@H](CO)C(O)C1O. The highest BCUT2D eigenvalue weighted by Gasteiger charge is 2.44. The summed E-state index contributed by atoms with van der Waals surface area (Å²) in [6.45, 7) is -0.495. The number of aliphatic hydroxyl groups excluding tert-OH is 3. The zero-order chi connectivity index (χ0) is 15.1. The van der Waals surface area contributed by atoms with Crippen LogP contribution in [0.15, 0.2) is 17.1 Å². The molecule has 0 saturated carbocycles. The monoisotopic (exact) mass is 297 g/mol. The van der Waals surface area contributed by atoms with E-state index in [0.29, 0.717) is 0 Å². The molecule has 4 N–H and O–H groups in total. The maximum absolute atomic E-state index is 13.0. The van der Waals surface area contributed by atoms with Crippen molar-refractivity contribution in [1.82, 2.24) is 15.0 Å². The lowest BCUT2D eigenvalue weighted by Crippen LogP contribution is -2.33. The zero-order valence-corrected chi connectivity index (χ0v) is 10.6. The molecule has 2 unspecified atom stereocenters. The van der Waals surface area contributed by atoms with Gasteiger partial charge in [0.1, 0.15) is 29.9 Å². The summed E-state index contributed by atoms with van der Waals surface area (Å²) in [5.74, 6) is -0.834. The van der Waals surface area contributed by atoms with E-state index in [1.807, 2.05) is 0 Å². The lowest BCUT2D eigenvalue weighted by Gasteiger charge is -2.14. The Bertz CT molecular complexity index is 736. The lowest BCUT2D eigenvalue weighted by molar-refractivity contribution is -0.0231. The molecular weight excluding hydrogens is 285 g/mol. The minimum absolute atomic E-state index is 0.0194. The molecule has 1 saturated heterocycles. The molecule has 21 heavy (non-hydrogen) atoms. The summed E-state index contributed by atoms with van der Waals surface area (Å²) in [4.78, 5) is 21.6. The number of ether oxygens (including phenoxy) is 1. The van der Waals surface area contributed by atoms with Gasteiger partial charge in [0.25, 0.3) is 5.56 Å². The van der Waals surface area contributed by atoms with Gasteiger partial charge in [0.05, 0.1) is 18.4 Å². The number of rotatable bonds is 2. The van der Waals surface area contributed by atoms with Crippen molar-refractivity contribution >= 4 is 11.2 Å². The first-order valence-electron chi connectivity index (χ1n) is 6.19. The van der Waals surface area contributed by atoms with E-state index in [1.165, 1.54) is 6.07 Å². The second-order valence-corrected chi connectivity index (χ2v) is 4.74. The molecule has 0 radical (unpaired) electrons. The highest BCUT2D eigenvalue weighted by atomic mass is 19.1. The van der Waals surface area contributed by atoms with Crippen LogP contribution in [0.2, 0.25) is 0 Å². The van der Waals surface area contributed by atoms with Gasteiger partial charge < -0.3 is 25.0 Å². The molecule has 3 heterocycles. The van der Waals surface area contributed by atoms with Crippen LogP contribution in [0.5, 0.6) is 0 Å². The van der Waals surface area contributed by atoms with Crippen molar-refractivity contribution in [1.29, 1.82) is 0 Å². The number of nitrogens with zero attached hydrogens (tertiary/aromatic N) is 2. The number of pyridine rings is 1. The molecular formula is C12H12FN3O5. The molecule has 8 nitrogen and oxygen atoms in total. The Morgan fingerprint density at radius 2 is 2.14 bits per heavy atom. The van der Waals surface area contributed by atoms with Crippen LogP contribution < -0.4 is 5.56 Å². The Morgan fingerprint density at radius 1 is 1.38 bits per heavy atom. The molecule has 0 aromatic carbocycles. The summed E-state index contributed by atoms with van der Waals surface area (Å²) < 4.78 is 18.2. The Balaban J connectivity index is 2.07. The van der Waals surface area contributed by atoms with E-state index in [-0.39, 0.29) is 16.7 Å². The van der Waals surface area contributed by atoms with Gasteiger partial charge in [-0.1, -0.05) is 0 Å². The van der Waals surface area contributed by atoms with Crippen molar-refractivity contribution in [3.8, 4) is 0 Å². The van der Waals surface area contributed by atoms with Crippen LogP contribution in [0.25, 0.3) is 11.2 Å². The Morgan fingerprint density at radius 3 is 2.81 bits per heavy atom. The quantitative estimate of drug-likeness (QED) is 0.537. The third-order valence-electron chi connectivity index (χ3n) is 3.41. The average molecular weight is 297 g/mol. The van der Waals surface area contributed by atoms with E-state index in [4.69, 9.17) is 9.84 Å². The molecule has 2 aromatic heterocycles. The van der Waals surface area contributed by atoms with Crippen molar-refractivity contribution in [2.24, 2.45) is 0 Å². The van der Waals surface area contributed by atoms with Gasteiger partial charge in [-0.3, -0.25) is 4.79 Å². The van der Waals surface area contributed by atoms with Gasteiger partial charge in [-0.15, -0.1) is 0 Å². The minimum atomic E-state index is -1.37. The molecule has 1 aliphatic rings. The van der Waals surface area contributed by atoms with E-state index >= 15 is 0 Å². The summed E-state index contributed by atoms with van der Waals surface area (Å²) in [5.41, 5.74) is -0.442. The van der Waals surface area contributed by atoms with Crippen LogP contribution in [0.1, 0.15) is 11.7 Å². The smallest absolute Gasteiger partial charge is 0.255 e. The van der Waals surface area contributed by atoms with Gasteiger partial charge in [0.15, 0.2) is 5.65 Å². The third-order valence-corrected chi connectivity index (χ3v) is 3.41. The van der Waals surface area contributed by atoms with Gasteiger partial charge in [0, 0.05) is 0 Å². The zero-order valence-electron chi connectivity index (χ0n) is 10.6. The van der Waals surface area contributed by atoms with Crippen molar-refractivity contribution in [2.45, 2.75) is 24.4 Å². The van der Waals surface area contributed by atoms with Crippen molar-refractivity contribution in [2.75, 3.05) is 6.61 Å². The summed E-state index contributed by atoms with van der Waals surface area (Å²) in [7, 11) is 0. The van der Waals surface area contributed by atoms with Gasteiger partial charge in [0.2, 0.25) is 5.95 Å². The molecule has 1 aliphatic heterocycles. The molecule has 0 aliphatic carbocycles. The van der Waals surface area contributed by atoms with Crippen LogP contribution in [0.3, 0.4) is 0 Å². The maximum atomic E-state index is 13.0. The van der Waals surface area contributed by atoms with E-state index in [9.17, 15) is 19.4 Å². The van der Waals surface area contributed by atoms with Crippen LogP contribution in [-0.2, 0) is 4.74 Å². The molecule has 9 heteroatoms. The summed E-state index contributed by atoms with van der Waals surface area (Å²) in [5, 5.41) is 28.7. The molecule has 3 rings (SSSR count). The standard InChI is InChI=1S/C12H12FN3O5/c13-7-2-14-5-1-4(12(20)16-11(5)15-7)10-9(19)8(18)6(3-17)21-10/h1-2,6,8-10,17-19H,3H2,(H,15,16,20)/t6-,8?,9?,10+/m1/s1. The number of hydrogen-bond acceptors (Lipinski definition) is 7. The third kappa shape index (κ3) is 2.29. The van der Waals surface area contributed by atoms with E-state index in [2.05, 4.69) is 15.0 Å². The highest BCUT2D eigenvalue weighted by molar-refractivity contribution is 5.69. The van der Waals surface area contributed by atoms with Gasteiger partial charge in [-0.25, -0.2) is 4.98 Å². The van der Waals surface area contributed by atoms with Crippen molar-refractivity contribution < 1.29 is 24.4 Å². The number of aromatic nitrogens is 3. The first-order valence-corrected chi connectivity index (χ1v) is 6.19. The van der Waals surface area contributed by atoms with E-state index in [1.54, 1.807) is 0 Å². The second-order valence-electron chi connectivity index (χ2n) is 4.74. The molecule has 0 bridgehead atoms. The molecule has 1 fully saturated rings. The predicted octanol–water partition coefficient (Wildman–Crippen LogP) is -1.39. The van der Waals surface area contributed by atoms with Gasteiger partial charge >= 0.3 is 0 Å². The van der Waals surface area contributed by atoms with Crippen molar-refractivity contribution in [3.63, 3.8) is 0 Å². The second kappa shape index (κ2) is 5.11. The summed E-state index contributed by atoms with van der Waals surface area (Å²) in [6, 6.07) is 1.31. The lowest BCUT2D eigenvalue weighted by atomic mass is 10.0. The Hall–Kier alpha value is -1.94. The fraction of sp³-hybridized carbons (Fsp3) is 0.417. The molecule has 4 atom stereocenters. The fourth-order valence-corrected chi connectivity index (χ4v) is 2.34. The summed E-state index contributed by atoms with van der Waals surface area (Å²) in [6.07, 6.45) is -3.89. The van der Waals surface area contributed by atoms with Gasteiger partial charge in [-0.05, 0) is 6.07 Å². The molecule has 2 aromatic rings. The number of hydrogen-bond donors (Lipinski definition) is 4. The van der Waals surface area contributed by atoms with Crippen LogP contribution >= 0.6 is 0 Å². The Kier molecular flexibility index (Phi) is 3.41. The van der Waals surface area contributed by atoms with Crippen LogP contribution in [-0.4, -0.2) is 55.2 Å². The van der Waals surface area contributed by atoms with E-state index in [0.717, 1.165) is 6.20 Å². The number of nitrogens with one attached hydrogen (secondary N) is 1. The number of fused-ring (bicyclic) bond motifs is 1. The normalized spacial score (nSPS) is 29.1. The first kappa shape index (κ1) is 14.0. The number of aliphatic hydroxyl groups is 3. The number of aromatic amines is 1. The average Bonchev–Trinajstić information content (AvgIpc) is 2.74. The molecule has 0 spiro atoms. The molecule has 0 amide bonds. The first-order chi connectivity index (χ1) is 10.0. The maximum Gasteiger partial charge on any atom is 0.255 e. The van der Waals surface area contributed by atoms with Crippen molar-refractivity contribution in [3.05, 3.63) is 34.1 Å². The van der Waals surface area contributed by atoms with Crippen LogP contribution in [0, 0.1) is 5.95 Å². The topological polar surface area (TPSA) is 129 Å².